The molecular weight excluding hydrogens is 170 g/mol. The Kier molecular flexibility index (Phi) is 3.90. The van der Waals surface area contributed by atoms with E-state index < -0.39 is 0 Å². The molecule has 0 heterocycles. The summed E-state index contributed by atoms with van der Waals surface area (Å²) in [7, 11) is 2.14. The van der Waals surface area contributed by atoms with Gasteiger partial charge in [-0.1, -0.05) is 43.8 Å². The van der Waals surface area contributed by atoms with E-state index in [2.05, 4.69) is 56.6 Å². The van der Waals surface area contributed by atoms with Crippen LogP contribution in [0, 0.1) is 0 Å². The van der Waals surface area contributed by atoms with Gasteiger partial charge in [0.25, 0.3) is 0 Å². The largest absolute Gasteiger partial charge is 0.300 e. The van der Waals surface area contributed by atoms with E-state index in [0.717, 1.165) is 6.54 Å². The van der Waals surface area contributed by atoms with Crippen molar-refractivity contribution in [3.8, 4) is 0 Å². The lowest BCUT2D eigenvalue weighted by atomic mass is 10.0. The highest BCUT2D eigenvalue weighted by molar-refractivity contribution is 5.52. The Balaban J connectivity index is 2.99. The summed E-state index contributed by atoms with van der Waals surface area (Å²) in [6, 6.07) is 8.88. The van der Waals surface area contributed by atoms with Crippen LogP contribution in [-0.4, -0.2) is 18.5 Å². The molecule has 1 nitrogen and oxygen atoms in total. The topological polar surface area (TPSA) is 3.24 Å². The molecule has 1 atom stereocenters. The molecule has 0 fully saturated rings. The second kappa shape index (κ2) is 4.97. The summed E-state index contributed by atoms with van der Waals surface area (Å²) in [6.07, 6.45) is 1.93. The van der Waals surface area contributed by atoms with Crippen molar-refractivity contribution in [1.82, 2.24) is 4.90 Å². The summed E-state index contributed by atoms with van der Waals surface area (Å²) < 4.78 is 0. The molecule has 1 unspecified atom stereocenters. The summed E-state index contributed by atoms with van der Waals surface area (Å²) in [5.74, 6) is 0. The molecule has 1 heteroatoms. The minimum Gasteiger partial charge on any atom is -0.300 e. The van der Waals surface area contributed by atoms with E-state index in [1.165, 1.54) is 11.1 Å². The molecule has 0 radical (unpaired) electrons. The zero-order valence-corrected chi connectivity index (χ0v) is 9.33. The Hall–Kier alpha value is -1.08. The molecule has 14 heavy (non-hydrogen) atoms. The van der Waals surface area contributed by atoms with E-state index in [0.29, 0.717) is 6.04 Å². The second-order valence-electron chi connectivity index (χ2n) is 3.58. The van der Waals surface area contributed by atoms with Crippen molar-refractivity contribution in [3.05, 3.63) is 42.0 Å². The fraction of sp³-hybridized carbons (Fsp3) is 0.385. The molecule has 0 bridgehead atoms. The van der Waals surface area contributed by atoms with Crippen LogP contribution in [0.2, 0.25) is 0 Å². The van der Waals surface area contributed by atoms with E-state index >= 15 is 0 Å². The van der Waals surface area contributed by atoms with Gasteiger partial charge in [0.1, 0.15) is 0 Å². The van der Waals surface area contributed by atoms with Gasteiger partial charge in [-0.3, -0.25) is 4.90 Å². The van der Waals surface area contributed by atoms with Crippen molar-refractivity contribution in [3.63, 3.8) is 0 Å². The summed E-state index contributed by atoms with van der Waals surface area (Å²) in [5, 5.41) is 0. The third kappa shape index (κ3) is 2.24. The van der Waals surface area contributed by atoms with Gasteiger partial charge in [-0.25, -0.2) is 0 Å². The Morgan fingerprint density at radius 2 is 2.07 bits per heavy atom. The van der Waals surface area contributed by atoms with E-state index in [4.69, 9.17) is 0 Å². The molecule has 0 aliphatic heterocycles. The van der Waals surface area contributed by atoms with Crippen LogP contribution in [0.5, 0.6) is 0 Å². The zero-order chi connectivity index (χ0) is 10.6. The van der Waals surface area contributed by atoms with Crippen molar-refractivity contribution >= 4 is 6.08 Å². The molecule has 1 aromatic carbocycles. The van der Waals surface area contributed by atoms with Crippen molar-refractivity contribution in [2.75, 3.05) is 13.6 Å². The maximum absolute atomic E-state index is 3.84. The predicted molar refractivity (Wildman–Crippen MR) is 63.3 cm³/mol. The summed E-state index contributed by atoms with van der Waals surface area (Å²) >= 11 is 0. The first-order chi connectivity index (χ1) is 6.70. The first-order valence-electron chi connectivity index (χ1n) is 5.12. The molecule has 0 spiro atoms. The Bertz CT molecular complexity index is 304. The van der Waals surface area contributed by atoms with Crippen LogP contribution < -0.4 is 0 Å². The number of hydrogen-bond donors (Lipinski definition) is 0. The van der Waals surface area contributed by atoms with Crippen molar-refractivity contribution < 1.29 is 0 Å². The third-order valence-corrected chi connectivity index (χ3v) is 2.83. The lowest BCUT2D eigenvalue weighted by Gasteiger charge is -2.24. The van der Waals surface area contributed by atoms with Crippen LogP contribution in [0.25, 0.3) is 6.08 Å². The Labute approximate surface area is 87.1 Å². The van der Waals surface area contributed by atoms with Crippen LogP contribution in [-0.2, 0) is 0 Å². The van der Waals surface area contributed by atoms with Gasteiger partial charge in [0, 0.05) is 6.04 Å². The van der Waals surface area contributed by atoms with Crippen LogP contribution in [0.1, 0.15) is 31.0 Å². The lowest BCUT2D eigenvalue weighted by molar-refractivity contribution is 0.275. The Morgan fingerprint density at radius 1 is 1.43 bits per heavy atom. The fourth-order valence-corrected chi connectivity index (χ4v) is 1.59. The minimum absolute atomic E-state index is 0.453. The van der Waals surface area contributed by atoms with E-state index in [1.54, 1.807) is 0 Å². The molecule has 0 saturated carbocycles. The first-order valence-corrected chi connectivity index (χ1v) is 5.12. The SMILES string of the molecule is C=Cc1ccccc1C(C)N(C)CC. The van der Waals surface area contributed by atoms with E-state index in [-0.39, 0.29) is 0 Å². The molecule has 0 amide bonds. The molecule has 1 rings (SSSR count). The maximum atomic E-state index is 3.84. The fourth-order valence-electron chi connectivity index (χ4n) is 1.59. The zero-order valence-electron chi connectivity index (χ0n) is 9.33. The molecule has 0 aliphatic carbocycles. The number of rotatable bonds is 4. The van der Waals surface area contributed by atoms with Gasteiger partial charge in [0.15, 0.2) is 0 Å². The van der Waals surface area contributed by atoms with E-state index in [9.17, 15) is 0 Å². The Morgan fingerprint density at radius 3 is 2.64 bits per heavy atom. The van der Waals surface area contributed by atoms with Gasteiger partial charge >= 0.3 is 0 Å². The smallest absolute Gasteiger partial charge is 0.0322 e. The third-order valence-electron chi connectivity index (χ3n) is 2.83. The number of benzene rings is 1. The first kappa shape index (κ1) is 11.0. The lowest BCUT2D eigenvalue weighted by Crippen LogP contribution is -2.22. The van der Waals surface area contributed by atoms with Gasteiger partial charge in [0.05, 0.1) is 0 Å². The van der Waals surface area contributed by atoms with Crippen LogP contribution in [0.15, 0.2) is 30.8 Å². The van der Waals surface area contributed by atoms with Gasteiger partial charge in [0.2, 0.25) is 0 Å². The number of nitrogens with zero attached hydrogens (tertiary/aromatic N) is 1. The van der Waals surface area contributed by atoms with Crippen molar-refractivity contribution in [2.45, 2.75) is 19.9 Å². The highest BCUT2D eigenvalue weighted by atomic mass is 15.1. The maximum Gasteiger partial charge on any atom is 0.0322 e. The highest BCUT2D eigenvalue weighted by Gasteiger charge is 2.11. The summed E-state index contributed by atoms with van der Waals surface area (Å²) in [6.45, 7) is 9.30. The predicted octanol–water partition coefficient (Wildman–Crippen LogP) is 3.34. The molecule has 0 N–H and O–H groups in total. The normalized spacial score (nSPS) is 12.9. The molecule has 0 saturated heterocycles. The summed E-state index contributed by atoms with van der Waals surface area (Å²) in [4.78, 5) is 2.32. The van der Waals surface area contributed by atoms with Crippen LogP contribution in [0.3, 0.4) is 0 Å². The monoisotopic (exact) mass is 189 g/mol. The van der Waals surface area contributed by atoms with Gasteiger partial charge in [-0.2, -0.15) is 0 Å². The second-order valence-corrected chi connectivity index (χ2v) is 3.58. The quantitative estimate of drug-likeness (QED) is 0.702. The molecular formula is C13H19N. The van der Waals surface area contributed by atoms with Gasteiger partial charge < -0.3 is 0 Å². The average molecular weight is 189 g/mol. The summed E-state index contributed by atoms with van der Waals surface area (Å²) in [5.41, 5.74) is 2.59. The highest BCUT2D eigenvalue weighted by Crippen LogP contribution is 2.22. The molecule has 0 aromatic heterocycles. The van der Waals surface area contributed by atoms with Crippen LogP contribution in [0.4, 0.5) is 0 Å². The number of hydrogen-bond acceptors (Lipinski definition) is 1. The molecule has 1 aromatic rings. The van der Waals surface area contributed by atoms with Crippen molar-refractivity contribution in [2.24, 2.45) is 0 Å². The van der Waals surface area contributed by atoms with E-state index in [1.807, 2.05) is 6.08 Å². The average Bonchev–Trinajstić information content (AvgIpc) is 2.26. The van der Waals surface area contributed by atoms with Crippen molar-refractivity contribution in [1.29, 1.82) is 0 Å². The standard InChI is InChI=1S/C13H19N/c1-5-12-9-7-8-10-13(12)11(3)14(4)6-2/h5,7-11H,1,6H2,2-4H3. The molecule has 76 valence electrons. The van der Waals surface area contributed by atoms with Gasteiger partial charge in [-0.15, -0.1) is 0 Å². The molecule has 0 aliphatic rings. The van der Waals surface area contributed by atoms with Gasteiger partial charge in [-0.05, 0) is 31.6 Å². The van der Waals surface area contributed by atoms with Crippen LogP contribution >= 0.6 is 0 Å². The minimum atomic E-state index is 0.453.